The van der Waals surface area contributed by atoms with Crippen molar-refractivity contribution in [3.63, 3.8) is 0 Å². The first-order chi connectivity index (χ1) is 9.54. The molecule has 0 bridgehead atoms. The van der Waals surface area contributed by atoms with Crippen molar-refractivity contribution in [3.05, 3.63) is 35.4 Å². The zero-order valence-electron chi connectivity index (χ0n) is 12.2. The Kier molecular flexibility index (Phi) is 5.08. The molecule has 0 spiro atoms. The molecule has 20 heavy (non-hydrogen) atoms. The minimum Gasteiger partial charge on any atom is -0.395 e. The summed E-state index contributed by atoms with van der Waals surface area (Å²) in [4.78, 5) is 0. The minimum absolute atomic E-state index is 0.122. The number of benzene rings is 1. The normalized spacial score (nSPS) is 18.4. The smallest absolute Gasteiger partial charge is 0.195 e. The van der Waals surface area contributed by atoms with Gasteiger partial charge in [-0.05, 0) is 12.0 Å². The Hall–Kier alpha value is -0.610. The van der Waals surface area contributed by atoms with E-state index in [0.717, 1.165) is 24.0 Å². The van der Waals surface area contributed by atoms with Gasteiger partial charge in [0.25, 0.3) is 0 Å². The van der Waals surface area contributed by atoms with E-state index in [1.165, 1.54) is 0 Å². The minimum atomic E-state index is -0.642. The molecule has 0 aromatic heterocycles. The highest BCUT2D eigenvalue weighted by atomic mass is 35.5. The van der Waals surface area contributed by atoms with Crippen LogP contribution in [0.2, 0.25) is 0 Å². The fourth-order valence-corrected chi connectivity index (χ4v) is 2.61. The Bertz CT molecular complexity index is 422. The fraction of sp³-hybridized carbons (Fsp3) is 0.625. The van der Waals surface area contributed by atoms with Gasteiger partial charge in [-0.3, -0.25) is 0 Å². The summed E-state index contributed by atoms with van der Waals surface area (Å²) < 4.78 is 11.7. The van der Waals surface area contributed by atoms with Crippen LogP contribution in [0.3, 0.4) is 0 Å². The number of hydrogen-bond acceptors (Lipinski definition) is 3. The first-order valence-corrected chi connectivity index (χ1v) is 7.63. The molecule has 1 heterocycles. The van der Waals surface area contributed by atoms with Crippen LogP contribution in [0, 0.1) is 0 Å². The molecule has 0 unspecified atom stereocenters. The molecule has 0 aliphatic carbocycles. The molecule has 4 heteroatoms. The monoisotopic (exact) mass is 298 g/mol. The van der Waals surface area contributed by atoms with Crippen molar-refractivity contribution in [2.45, 2.75) is 37.9 Å². The van der Waals surface area contributed by atoms with Crippen molar-refractivity contribution in [2.24, 2.45) is 0 Å². The Labute approximate surface area is 125 Å². The van der Waals surface area contributed by atoms with Crippen LogP contribution in [-0.4, -0.2) is 30.8 Å². The molecule has 0 radical (unpaired) electrons. The zero-order chi connectivity index (χ0) is 14.6. The van der Waals surface area contributed by atoms with E-state index in [1.807, 2.05) is 38.1 Å². The van der Waals surface area contributed by atoms with E-state index in [1.54, 1.807) is 0 Å². The molecule has 0 amide bonds. The zero-order valence-corrected chi connectivity index (χ0v) is 12.9. The van der Waals surface area contributed by atoms with Crippen molar-refractivity contribution in [1.29, 1.82) is 0 Å². The van der Waals surface area contributed by atoms with Crippen LogP contribution < -0.4 is 0 Å². The van der Waals surface area contributed by atoms with Crippen molar-refractivity contribution >= 4 is 11.6 Å². The highest BCUT2D eigenvalue weighted by Crippen LogP contribution is 2.37. The summed E-state index contributed by atoms with van der Waals surface area (Å²) in [5, 5.41) is 9.43. The van der Waals surface area contributed by atoms with Gasteiger partial charge in [-0.15, -0.1) is 11.6 Å². The largest absolute Gasteiger partial charge is 0.395 e. The topological polar surface area (TPSA) is 38.7 Å². The van der Waals surface area contributed by atoms with Crippen molar-refractivity contribution in [2.75, 3.05) is 25.7 Å². The predicted molar refractivity (Wildman–Crippen MR) is 80.1 cm³/mol. The lowest BCUT2D eigenvalue weighted by atomic mass is 9.84. The first kappa shape index (κ1) is 15.8. The maximum Gasteiger partial charge on any atom is 0.195 e. The SMILES string of the molecule is CC(C)(CO)c1ccc(C2(CCCCl)OCCO2)cc1. The average molecular weight is 299 g/mol. The number of hydrogen-bond donors (Lipinski definition) is 1. The average Bonchev–Trinajstić information content (AvgIpc) is 2.95. The molecule has 1 N–H and O–H groups in total. The standard InChI is InChI=1S/C16H23ClO3/c1-15(2,12-18)13-4-6-14(7-5-13)16(8-3-9-17)19-10-11-20-16/h4-7,18H,3,8-12H2,1-2H3. The van der Waals surface area contributed by atoms with Crippen molar-refractivity contribution in [3.8, 4) is 0 Å². The number of aliphatic hydroxyl groups is 1. The van der Waals surface area contributed by atoms with Gasteiger partial charge in [-0.1, -0.05) is 38.1 Å². The highest BCUT2D eigenvalue weighted by molar-refractivity contribution is 6.17. The molecule has 112 valence electrons. The molecule has 1 saturated heterocycles. The van der Waals surface area contributed by atoms with Gasteiger partial charge in [0.2, 0.25) is 0 Å². The summed E-state index contributed by atoms with van der Waals surface area (Å²) in [7, 11) is 0. The van der Waals surface area contributed by atoms with Gasteiger partial charge in [0, 0.05) is 23.3 Å². The number of halogens is 1. The second kappa shape index (κ2) is 6.44. The van der Waals surface area contributed by atoms with Gasteiger partial charge in [0.1, 0.15) is 0 Å². The highest BCUT2D eigenvalue weighted by Gasteiger charge is 2.38. The molecule has 3 nitrogen and oxygen atoms in total. The lowest BCUT2D eigenvalue weighted by molar-refractivity contribution is -0.170. The molecule has 1 aromatic rings. The van der Waals surface area contributed by atoms with Gasteiger partial charge in [-0.25, -0.2) is 0 Å². The van der Waals surface area contributed by atoms with Crippen LogP contribution in [0.15, 0.2) is 24.3 Å². The van der Waals surface area contributed by atoms with Gasteiger partial charge in [0.05, 0.1) is 19.8 Å². The summed E-state index contributed by atoms with van der Waals surface area (Å²) in [5.74, 6) is -0.0408. The molecule has 1 aliphatic heterocycles. The summed E-state index contributed by atoms with van der Waals surface area (Å²) in [6.45, 7) is 5.40. The van der Waals surface area contributed by atoms with E-state index in [4.69, 9.17) is 21.1 Å². The lowest BCUT2D eigenvalue weighted by Gasteiger charge is -2.29. The van der Waals surface area contributed by atoms with Gasteiger partial charge in [0.15, 0.2) is 5.79 Å². The van der Waals surface area contributed by atoms with E-state index in [2.05, 4.69) is 0 Å². The van der Waals surface area contributed by atoms with E-state index in [-0.39, 0.29) is 12.0 Å². The maximum absolute atomic E-state index is 9.43. The summed E-state index contributed by atoms with van der Waals surface area (Å²) in [6, 6.07) is 8.15. The van der Waals surface area contributed by atoms with Crippen LogP contribution in [0.5, 0.6) is 0 Å². The second-order valence-electron chi connectivity index (χ2n) is 5.86. The molecule has 1 aromatic carbocycles. The van der Waals surface area contributed by atoms with E-state index >= 15 is 0 Å². The molecule has 0 atom stereocenters. The third-order valence-corrected chi connectivity index (χ3v) is 4.16. The molecule has 1 aliphatic rings. The summed E-state index contributed by atoms with van der Waals surface area (Å²) in [5.41, 5.74) is 1.89. The van der Waals surface area contributed by atoms with Crippen LogP contribution in [-0.2, 0) is 20.7 Å². The van der Waals surface area contributed by atoms with Gasteiger partial charge in [-0.2, -0.15) is 0 Å². The number of rotatable bonds is 6. The fourth-order valence-electron chi connectivity index (χ4n) is 2.48. The molecule has 0 saturated carbocycles. The van der Waals surface area contributed by atoms with Gasteiger partial charge >= 0.3 is 0 Å². The Morgan fingerprint density at radius 1 is 1.20 bits per heavy atom. The summed E-state index contributed by atoms with van der Waals surface area (Å²) in [6.07, 6.45) is 1.62. The Morgan fingerprint density at radius 2 is 1.80 bits per heavy atom. The van der Waals surface area contributed by atoms with Gasteiger partial charge < -0.3 is 14.6 Å². The predicted octanol–water partition coefficient (Wildman–Crippen LogP) is 3.18. The summed E-state index contributed by atoms with van der Waals surface area (Å²) >= 11 is 5.79. The number of aliphatic hydroxyl groups excluding tert-OH is 1. The molecular formula is C16H23ClO3. The number of ether oxygens (including phenoxy) is 2. The third-order valence-electron chi connectivity index (χ3n) is 3.89. The van der Waals surface area contributed by atoms with Crippen molar-refractivity contribution < 1.29 is 14.6 Å². The maximum atomic E-state index is 9.43. The quantitative estimate of drug-likeness (QED) is 0.820. The third kappa shape index (κ3) is 3.17. The molecular weight excluding hydrogens is 276 g/mol. The van der Waals surface area contributed by atoms with Crippen LogP contribution in [0.1, 0.15) is 37.8 Å². The van der Waals surface area contributed by atoms with Crippen LogP contribution >= 0.6 is 11.6 Å². The number of alkyl halides is 1. The Balaban J connectivity index is 2.23. The first-order valence-electron chi connectivity index (χ1n) is 7.10. The molecule has 2 rings (SSSR count). The van der Waals surface area contributed by atoms with Crippen LogP contribution in [0.25, 0.3) is 0 Å². The van der Waals surface area contributed by atoms with E-state index in [0.29, 0.717) is 19.1 Å². The van der Waals surface area contributed by atoms with Crippen molar-refractivity contribution in [1.82, 2.24) is 0 Å². The second-order valence-corrected chi connectivity index (χ2v) is 6.24. The van der Waals surface area contributed by atoms with E-state index in [9.17, 15) is 5.11 Å². The lowest BCUT2D eigenvalue weighted by Crippen LogP contribution is -2.28. The van der Waals surface area contributed by atoms with Crippen LogP contribution in [0.4, 0.5) is 0 Å². The molecule has 1 fully saturated rings. The van der Waals surface area contributed by atoms with E-state index < -0.39 is 5.79 Å². The Morgan fingerprint density at radius 3 is 2.30 bits per heavy atom.